The second-order valence-electron chi connectivity index (χ2n) is 3.93. The van der Waals surface area contributed by atoms with E-state index in [-0.39, 0.29) is 11.3 Å². The normalized spacial score (nSPS) is 9.60. The van der Waals surface area contributed by atoms with E-state index in [0.717, 1.165) is 0 Å². The Labute approximate surface area is 115 Å². The van der Waals surface area contributed by atoms with Crippen molar-refractivity contribution in [1.29, 1.82) is 5.26 Å². The summed E-state index contributed by atoms with van der Waals surface area (Å²) in [4.78, 5) is 15.6. The van der Waals surface area contributed by atoms with Crippen LogP contribution in [0.4, 0.5) is 17.2 Å². The lowest BCUT2D eigenvalue weighted by molar-refractivity contribution is 0.0602. The van der Waals surface area contributed by atoms with Gasteiger partial charge in [-0.25, -0.2) is 9.78 Å². The van der Waals surface area contributed by atoms with Crippen LogP contribution >= 0.6 is 0 Å². The van der Waals surface area contributed by atoms with Crippen LogP contribution in [0.15, 0.2) is 36.5 Å². The third kappa shape index (κ3) is 2.67. The second kappa shape index (κ2) is 5.71. The average molecular weight is 268 g/mol. The minimum atomic E-state index is -0.540. The van der Waals surface area contributed by atoms with E-state index >= 15 is 0 Å². The van der Waals surface area contributed by atoms with E-state index in [1.54, 1.807) is 24.3 Å². The summed E-state index contributed by atoms with van der Waals surface area (Å²) in [6, 6.07) is 10.5. The van der Waals surface area contributed by atoms with Gasteiger partial charge in [-0.05, 0) is 18.2 Å². The number of para-hydroxylation sites is 1. The Kier molecular flexibility index (Phi) is 3.82. The standard InChI is InChI=1S/C14H12N4O2/c1-20-14(19)10-6-13(17-8-11(10)16)18-12-5-3-2-4-9(12)7-15/h2-6,8H,16H2,1H3,(H,17,18). The van der Waals surface area contributed by atoms with Crippen LogP contribution in [0, 0.1) is 11.3 Å². The summed E-state index contributed by atoms with van der Waals surface area (Å²) in [6.07, 6.45) is 1.36. The number of nitrogens with one attached hydrogen (secondary N) is 1. The Hall–Kier alpha value is -3.07. The molecule has 100 valence electrons. The predicted molar refractivity (Wildman–Crippen MR) is 74.4 cm³/mol. The molecule has 0 aliphatic rings. The number of ether oxygens (including phenoxy) is 1. The minimum Gasteiger partial charge on any atom is -0.465 e. The Balaban J connectivity index is 2.35. The fourth-order valence-electron chi connectivity index (χ4n) is 1.65. The second-order valence-corrected chi connectivity index (χ2v) is 3.93. The number of benzene rings is 1. The maximum Gasteiger partial charge on any atom is 0.340 e. The van der Waals surface area contributed by atoms with E-state index < -0.39 is 5.97 Å². The number of hydrogen-bond donors (Lipinski definition) is 2. The number of carbonyl (C=O) groups excluding carboxylic acids is 1. The van der Waals surface area contributed by atoms with E-state index in [0.29, 0.717) is 17.1 Å². The summed E-state index contributed by atoms with van der Waals surface area (Å²) >= 11 is 0. The van der Waals surface area contributed by atoms with Crippen molar-refractivity contribution in [3.05, 3.63) is 47.7 Å². The van der Waals surface area contributed by atoms with Crippen LogP contribution in [-0.2, 0) is 4.74 Å². The lowest BCUT2D eigenvalue weighted by Gasteiger charge is -2.09. The zero-order valence-electron chi connectivity index (χ0n) is 10.8. The van der Waals surface area contributed by atoms with Gasteiger partial charge in [-0.15, -0.1) is 0 Å². The first-order valence-corrected chi connectivity index (χ1v) is 5.75. The van der Waals surface area contributed by atoms with E-state index in [4.69, 9.17) is 11.0 Å². The van der Waals surface area contributed by atoms with Gasteiger partial charge in [0, 0.05) is 0 Å². The zero-order valence-corrected chi connectivity index (χ0v) is 10.8. The Morgan fingerprint density at radius 3 is 2.90 bits per heavy atom. The van der Waals surface area contributed by atoms with Crippen molar-refractivity contribution < 1.29 is 9.53 Å². The van der Waals surface area contributed by atoms with Gasteiger partial charge in [-0.3, -0.25) is 0 Å². The molecule has 3 N–H and O–H groups in total. The van der Waals surface area contributed by atoms with Crippen LogP contribution in [0.25, 0.3) is 0 Å². The molecule has 0 saturated heterocycles. The fraction of sp³-hybridized carbons (Fsp3) is 0.0714. The van der Waals surface area contributed by atoms with E-state index in [9.17, 15) is 4.79 Å². The molecule has 1 aromatic carbocycles. The summed E-state index contributed by atoms with van der Waals surface area (Å²) in [5.74, 6) is -0.135. The summed E-state index contributed by atoms with van der Waals surface area (Å²) in [5, 5.41) is 12.0. The molecule has 0 spiro atoms. The maximum atomic E-state index is 11.6. The Morgan fingerprint density at radius 1 is 1.45 bits per heavy atom. The number of aromatic nitrogens is 1. The molecule has 6 heteroatoms. The average Bonchev–Trinajstić information content (AvgIpc) is 2.49. The van der Waals surface area contributed by atoms with Gasteiger partial charge in [0.05, 0.1) is 35.8 Å². The van der Waals surface area contributed by atoms with Crippen LogP contribution in [0.5, 0.6) is 0 Å². The SMILES string of the molecule is COC(=O)c1cc(Nc2ccccc2C#N)ncc1N. The van der Waals surface area contributed by atoms with Gasteiger partial charge in [-0.1, -0.05) is 12.1 Å². The summed E-state index contributed by atoms with van der Waals surface area (Å²) < 4.78 is 4.64. The third-order valence-corrected chi connectivity index (χ3v) is 2.65. The predicted octanol–water partition coefficient (Wildman–Crippen LogP) is 2.07. The van der Waals surface area contributed by atoms with Gasteiger partial charge < -0.3 is 15.8 Å². The van der Waals surface area contributed by atoms with Crippen molar-refractivity contribution in [2.75, 3.05) is 18.2 Å². The molecule has 0 saturated carbocycles. The Morgan fingerprint density at radius 2 is 2.20 bits per heavy atom. The number of carbonyl (C=O) groups is 1. The topological polar surface area (TPSA) is 101 Å². The van der Waals surface area contributed by atoms with E-state index in [2.05, 4.69) is 21.1 Å². The van der Waals surface area contributed by atoms with Gasteiger partial charge in [0.25, 0.3) is 0 Å². The first-order chi connectivity index (χ1) is 9.65. The summed E-state index contributed by atoms with van der Waals surface area (Å²) in [5.41, 5.74) is 7.20. The molecule has 2 rings (SSSR count). The molecule has 1 heterocycles. The smallest absolute Gasteiger partial charge is 0.340 e. The molecule has 0 amide bonds. The molecular formula is C14H12N4O2. The number of nitriles is 1. The van der Waals surface area contributed by atoms with Crippen molar-refractivity contribution >= 4 is 23.2 Å². The van der Waals surface area contributed by atoms with Gasteiger partial charge >= 0.3 is 5.97 Å². The van der Waals surface area contributed by atoms with Gasteiger partial charge in [0.2, 0.25) is 0 Å². The summed E-state index contributed by atoms with van der Waals surface area (Å²) in [7, 11) is 1.28. The van der Waals surface area contributed by atoms with Gasteiger partial charge in [-0.2, -0.15) is 5.26 Å². The van der Waals surface area contributed by atoms with Gasteiger partial charge in [0.1, 0.15) is 11.9 Å². The first-order valence-electron chi connectivity index (χ1n) is 5.75. The first kappa shape index (κ1) is 13.4. The molecule has 0 unspecified atom stereocenters. The number of hydrogen-bond acceptors (Lipinski definition) is 6. The number of esters is 1. The summed E-state index contributed by atoms with van der Waals surface area (Å²) in [6.45, 7) is 0. The van der Waals surface area contributed by atoms with Crippen molar-refractivity contribution in [3.63, 3.8) is 0 Å². The monoisotopic (exact) mass is 268 g/mol. The zero-order chi connectivity index (χ0) is 14.5. The molecule has 20 heavy (non-hydrogen) atoms. The lowest BCUT2D eigenvalue weighted by atomic mass is 10.2. The quantitative estimate of drug-likeness (QED) is 0.826. The van der Waals surface area contributed by atoms with Crippen LogP contribution in [0.3, 0.4) is 0 Å². The highest BCUT2D eigenvalue weighted by Gasteiger charge is 2.12. The highest BCUT2D eigenvalue weighted by molar-refractivity contribution is 5.95. The van der Waals surface area contributed by atoms with Crippen molar-refractivity contribution in [2.45, 2.75) is 0 Å². The van der Waals surface area contributed by atoms with E-state index in [1.165, 1.54) is 19.4 Å². The number of rotatable bonds is 3. The molecule has 0 aliphatic carbocycles. The number of pyridine rings is 1. The van der Waals surface area contributed by atoms with Crippen molar-refractivity contribution in [3.8, 4) is 6.07 Å². The van der Waals surface area contributed by atoms with Crippen LogP contribution in [0.1, 0.15) is 15.9 Å². The fourth-order valence-corrected chi connectivity index (χ4v) is 1.65. The number of anilines is 3. The largest absolute Gasteiger partial charge is 0.465 e. The molecule has 0 bridgehead atoms. The molecule has 0 radical (unpaired) electrons. The molecule has 0 aliphatic heterocycles. The number of methoxy groups -OCH3 is 1. The third-order valence-electron chi connectivity index (χ3n) is 2.65. The number of nitrogen functional groups attached to an aromatic ring is 1. The number of nitrogens with zero attached hydrogens (tertiary/aromatic N) is 2. The Bertz CT molecular complexity index is 692. The molecule has 0 atom stereocenters. The lowest BCUT2D eigenvalue weighted by Crippen LogP contribution is -2.07. The molecule has 1 aromatic heterocycles. The highest BCUT2D eigenvalue weighted by Crippen LogP contribution is 2.21. The molecule has 6 nitrogen and oxygen atoms in total. The van der Waals surface area contributed by atoms with Crippen LogP contribution in [-0.4, -0.2) is 18.1 Å². The highest BCUT2D eigenvalue weighted by atomic mass is 16.5. The molecular weight excluding hydrogens is 256 g/mol. The van der Waals surface area contributed by atoms with E-state index in [1.807, 2.05) is 0 Å². The van der Waals surface area contributed by atoms with Gasteiger partial charge in [0.15, 0.2) is 0 Å². The van der Waals surface area contributed by atoms with Crippen molar-refractivity contribution in [1.82, 2.24) is 4.98 Å². The molecule has 0 fully saturated rings. The van der Waals surface area contributed by atoms with Crippen molar-refractivity contribution in [2.24, 2.45) is 0 Å². The van der Waals surface area contributed by atoms with Crippen LogP contribution in [0.2, 0.25) is 0 Å². The number of nitrogens with two attached hydrogens (primary N) is 1. The minimum absolute atomic E-state index is 0.222. The van der Waals surface area contributed by atoms with Crippen LogP contribution < -0.4 is 11.1 Å². The molecule has 2 aromatic rings. The maximum absolute atomic E-state index is 11.6.